The van der Waals surface area contributed by atoms with Crippen molar-refractivity contribution < 1.29 is 27.1 Å². The summed E-state index contributed by atoms with van der Waals surface area (Å²) in [7, 11) is -3.95. The fourth-order valence-corrected chi connectivity index (χ4v) is 4.62. The summed E-state index contributed by atoms with van der Waals surface area (Å²) in [4.78, 5) is 23.6. The van der Waals surface area contributed by atoms with Crippen LogP contribution in [0.1, 0.15) is 31.7 Å². The fraction of sp³-hybridized carbons (Fsp3) is 0.556. The van der Waals surface area contributed by atoms with Crippen LogP contribution < -0.4 is 10.6 Å². The van der Waals surface area contributed by atoms with Gasteiger partial charge in [0.2, 0.25) is 10.0 Å². The fourth-order valence-electron chi connectivity index (χ4n) is 2.85. The van der Waals surface area contributed by atoms with Gasteiger partial charge in [0.15, 0.2) is 0 Å². The van der Waals surface area contributed by atoms with Gasteiger partial charge in [0, 0.05) is 13.1 Å². The van der Waals surface area contributed by atoms with Crippen LogP contribution in [-0.4, -0.2) is 57.0 Å². The normalized spacial score (nSPS) is 17.9. The molecule has 0 spiro atoms. The van der Waals surface area contributed by atoms with Gasteiger partial charge in [-0.25, -0.2) is 12.8 Å². The number of sulfonamides is 1. The van der Waals surface area contributed by atoms with E-state index in [1.165, 1.54) is 13.0 Å². The molecule has 1 aromatic carbocycles. The molecule has 2 amide bonds. The highest BCUT2D eigenvalue weighted by molar-refractivity contribution is 7.89. The number of amides is 2. The standard InChI is InChI=1S/C18H26FN3O5S/c1-3-4-8-20-17(23)18(24)21-12-16-22(9-5-10-27-16)28(25,26)15-7-6-14(19)11-13(15)2/h6-7,11,16H,3-5,8-10,12H2,1-2H3,(H,20,23)(H,21,24). The Kier molecular flexibility index (Phi) is 7.90. The molecule has 1 fully saturated rings. The number of unbranched alkanes of at least 4 members (excludes halogenated alkanes) is 1. The second kappa shape index (κ2) is 9.94. The van der Waals surface area contributed by atoms with Crippen LogP contribution in [0.4, 0.5) is 4.39 Å². The third-order valence-corrected chi connectivity index (χ3v) is 6.39. The molecule has 1 unspecified atom stereocenters. The number of rotatable bonds is 7. The minimum atomic E-state index is -3.95. The number of carbonyl (C=O) groups excluding carboxylic acids is 2. The number of nitrogens with one attached hydrogen (secondary N) is 2. The highest BCUT2D eigenvalue weighted by Gasteiger charge is 2.35. The number of aryl methyl sites for hydroxylation is 1. The van der Waals surface area contributed by atoms with E-state index in [4.69, 9.17) is 4.74 Å². The van der Waals surface area contributed by atoms with Gasteiger partial charge in [-0.15, -0.1) is 0 Å². The third-order valence-electron chi connectivity index (χ3n) is 4.34. The molecule has 0 saturated carbocycles. The number of ether oxygens (including phenoxy) is 1. The van der Waals surface area contributed by atoms with Crippen molar-refractivity contribution in [1.29, 1.82) is 0 Å². The Morgan fingerprint density at radius 3 is 2.68 bits per heavy atom. The van der Waals surface area contributed by atoms with Gasteiger partial charge >= 0.3 is 11.8 Å². The van der Waals surface area contributed by atoms with Gasteiger partial charge in [-0.2, -0.15) is 4.31 Å². The second-order valence-corrected chi connectivity index (χ2v) is 8.38. The van der Waals surface area contributed by atoms with E-state index in [2.05, 4.69) is 10.6 Å². The summed E-state index contributed by atoms with van der Waals surface area (Å²) in [6, 6.07) is 3.45. The summed E-state index contributed by atoms with van der Waals surface area (Å²) in [5, 5.41) is 4.91. The quantitative estimate of drug-likeness (QED) is 0.509. The molecular formula is C18H26FN3O5S. The first-order valence-electron chi connectivity index (χ1n) is 9.23. The molecule has 0 aliphatic carbocycles. The molecule has 2 rings (SSSR count). The Hall–Kier alpha value is -2.04. The molecule has 1 atom stereocenters. The molecule has 1 saturated heterocycles. The highest BCUT2D eigenvalue weighted by Crippen LogP contribution is 2.25. The highest BCUT2D eigenvalue weighted by atomic mass is 32.2. The Morgan fingerprint density at radius 1 is 1.29 bits per heavy atom. The van der Waals surface area contributed by atoms with E-state index in [-0.39, 0.29) is 23.5 Å². The Labute approximate surface area is 164 Å². The van der Waals surface area contributed by atoms with E-state index >= 15 is 0 Å². The van der Waals surface area contributed by atoms with Crippen LogP contribution in [0.25, 0.3) is 0 Å². The van der Waals surface area contributed by atoms with Crippen LogP contribution in [0, 0.1) is 12.7 Å². The van der Waals surface area contributed by atoms with Crippen LogP contribution >= 0.6 is 0 Å². The maximum absolute atomic E-state index is 13.3. The monoisotopic (exact) mass is 415 g/mol. The van der Waals surface area contributed by atoms with Gasteiger partial charge in [-0.1, -0.05) is 13.3 Å². The second-order valence-electron chi connectivity index (χ2n) is 6.52. The van der Waals surface area contributed by atoms with Crippen LogP contribution in [0.3, 0.4) is 0 Å². The predicted molar refractivity (Wildman–Crippen MR) is 100 cm³/mol. The molecule has 8 nitrogen and oxygen atoms in total. The van der Waals surface area contributed by atoms with Crippen LogP contribution in [0.5, 0.6) is 0 Å². The molecule has 0 radical (unpaired) electrons. The third kappa shape index (κ3) is 5.49. The minimum absolute atomic E-state index is 0.0203. The minimum Gasteiger partial charge on any atom is -0.360 e. The Bertz CT molecular complexity index is 815. The van der Waals surface area contributed by atoms with Gasteiger partial charge in [-0.05, 0) is 43.5 Å². The lowest BCUT2D eigenvalue weighted by Gasteiger charge is -2.34. The first-order valence-corrected chi connectivity index (χ1v) is 10.7. The summed E-state index contributed by atoms with van der Waals surface area (Å²) in [5.41, 5.74) is 0.281. The van der Waals surface area contributed by atoms with Crippen molar-refractivity contribution in [2.75, 3.05) is 26.2 Å². The zero-order chi connectivity index (χ0) is 20.7. The van der Waals surface area contributed by atoms with Crippen LogP contribution in [0.2, 0.25) is 0 Å². The van der Waals surface area contributed by atoms with Crippen molar-refractivity contribution >= 4 is 21.8 Å². The molecule has 1 aliphatic rings. The molecule has 0 aromatic heterocycles. The Morgan fingerprint density at radius 2 is 2.00 bits per heavy atom. The molecule has 156 valence electrons. The van der Waals surface area contributed by atoms with E-state index < -0.39 is 33.9 Å². The average molecular weight is 415 g/mol. The lowest BCUT2D eigenvalue weighted by Crippen LogP contribution is -2.53. The van der Waals surface area contributed by atoms with Crippen molar-refractivity contribution in [3.8, 4) is 0 Å². The van der Waals surface area contributed by atoms with E-state index in [1.54, 1.807) is 0 Å². The van der Waals surface area contributed by atoms with Crippen molar-refractivity contribution in [2.24, 2.45) is 0 Å². The number of nitrogens with zero attached hydrogens (tertiary/aromatic N) is 1. The number of hydrogen-bond donors (Lipinski definition) is 2. The zero-order valence-corrected chi connectivity index (χ0v) is 16.9. The lowest BCUT2D eigenvalue weighted by atomic mass is 10.2. The molecule has 1 aromatic rings. The topological polar surface area (TPSA) is 105 Å². The molecule has 1 heterocycles. The number of benzene rings is 1. The average Bonchev–Trinajstić information content (AvgIpc) is 2.66. The first-order chi connectivity index (χ1) is 13.3. The summed E-state index contributed by atoms with van der Waals surface area (Å²) in [6.07, 6.45) is 1.18. The molecular weight excluding hydrogens is 389 g/mol. The summed E-state index contributed by atoms with van der Waals surface area (Å²) in [5.74, 6) is -2.14. The van der Waals surface area contributed by atoms with E-state index in [1.807, 2.05) is 6.92 Å². The number of hydrogen-bond acceptors (Lipinski definition) is 5. The van der Waals surface area contributed by atoms with Gasteiger partial charge in [0.1, 0.15) is 12.0 Å². The van der Waals surface area contributed by atoms with Crippen molar-refractivity contribution in [3.05, 3.63) is 29.6 Å². The zero-order valence-electron chi connectivity index (χ0n) is 16.0. The molecule has 28 heavy (non-hydrogen) atoms. The van der Waals surface area contributed by atoms with Crippen molar-refractivity contribution in [3.63, 3.8) is 0 Å². The van der Waals surface area contributed by atoms with Crippen molar-refractivity contribution in [1.82, 2.24) is 14.9 Å². The number of carbonyl (C=O) groups is 2. The van der Waals surface area contributed by atoms with Crippen molar-refractivity contribution in [2.45, 2.75) is 44.2 Å². The van der Waals surface area contributed by atoms with E-state index in [0.717, 1.165) is 29.3 Å². The van der Waals surface area contributed by atoms with Crippen LogP contribution in [0.15, 0.2) is 23.1 Å². The maximum Gasteiger partial charge on any atom is 0.309 e. The van der Waals surface area contributed by atoms with E-state index in [9.17, 15) is 22.4 Å². The number of halogens is 1. The van der Waals surface area contributed by atoms with Crippen LogP contribution in [-0.2, 0) is 24.3 Å². The Balaban J connectivity index is 2.07. The van der Waals surface area contributed by atoms with Gasteiger partial charge in [-0.3, -0.25) is 9.59 Å². The summed E-state index contributed by atoms with van der Waals surface area (Å²) < 4.78 is 46.0. The summed E-state index contributed by atoms with van der Waals surface area (Å²) in [6.45, 7) is 4.23. The van der Waals surface area contributed by atoms with Gasteiger partial charge in [0.25, 0.3) is 0 Å². The molecule has 1 aliphatic heterocycles. The van der Waals surface area contributed by atoms with E-state index in [0.29, 0.717) is 19.6 Å². The lowest BCUT2D eigenvalue weighted by molar-refractivity contribution is -0.140. The van der Waals surface area contributed by atoms with Gasteiger partial charge in [0.05, 0.1) is 18.0 Å². The van der Waals surface area contributed by atoms with Gasteiger partial charge < -0.3 is 15.4 Å². The smallest absolute Gasteiger partial charge is 0.309 e. The predicted octanol–water partition coefficient (Wildman–Crippen LogP) is 0.904. The molecule has 2 N–H and O–H groups in total. The molecule has 0 bridgehead atoms. The molecule has 10 heteroatoms. The largest absolute Gasteiger partial charge is 0.360 e. The SMILES string of the molecule is CCCCNC(=O)C(=O)NCC1OCCCN1S(=O)(=O)c1ccc(F)cc1C. The first kappa shape index (κ1) is 22.3. The maximum atomic E-state index is 13.3. The summed E-state index contributed by atoms with van der Waals surface area (Å²) >= 11 is 0.